The van der Waals surface area contributed by atoms with E-state index in [1.807, 2.05) is 25.3 Å². The highest BCUT2D eigenvalue weighted by Crippen LogP contribution is 2.18. The van der Waals surface area contributed by atoms with Crippen molar-refractivity contribution in [1.82, 2.24) is 20.1 Å². The largest absolute Gasteiger partial charge is 0.381 e. The summed E-state index contributed by atoms with van der Waals surface area (Å²) in [7, 11) is 5.98. The number of nitrogens with zero attached hydrogens (tertiary/aromatic N) is 5. The van der Waals surface area contributed by atoms with E-state index in [4.69, 9.17) is 0 Å². The Kier molecular flexibility index (Phi) is 6.34. The van der Waals surface area contributed by atoms with Gasteiger partial charge in [0.05, 0.1) is 0 Å². The van der Waals surface area contributed by atoms with E-state index in [9.17, 15) is 0 Å². The predicted molar refractivity (Wildman–Crippen MR) is 113 cm³/mol. The summed E-state index contributed by atoms with van der Waals surface area (Å²) < 4.78 is 0. The number of hydrogen-bond acceptors (Lipinski definition) is 5. The number of hydrogen-bond donors (Lipinski definition) is 2. The van der Waals surface area contributed by atoms with Gasteiger partial charge in [0.1, 0.15) is 5.82 Å². The normalized spacial score (nSPS) is 18.9. The van der Waals surface area contributed by atoms with Crippen molar-refractivity contribution in [3.63, 3.8) is 0 Å². The van der Waals surface area contributed by atoms with Crippen molar-refractivity contribution in [2.24, 2.45) is 10.1 Å². The molecule has 3 rings (SSSR count). The molecular formula is C20H31N7. The molecule has 7 heteroatoms. The molecule has 0 aliphatic carbocycles. The number of piperazine rings is 1. The van der Waals surface area contributed by atoms with E-state index in [2.05, 4.69) is 68.8 Å². The number of benzene rings is 1. The molecule has 0 spiro atoms. The topological polar surface area (TPSA) is 58.5 Å². The summed E-state index contributed by atoms with van der Waals surface area (Å²) >= 11 is 0. The van der Waals surface area contributed by atoms with E-state index in [1.165, 1.54) is 11.1 Å². The predicted octanol–water partition coefficient (Wildman–Crippen LogP) is 1.76. The van der Waals surface area contributed by atoms with Gasteiger partial charge in [-0.05, 0) is 31.2 Å². The molecule has 2 aliphatic rings. The summed E-state index contributed by atoms with van der Waals surface area (Å²) in [6.45, 7) is 6.95. The maximum atomic E-state index is 4.51. The molecule has 0 radical (unpaired) electrons. The second kappa shape index (κ2) is 8.90. The molecule has 146 valence electrons. The number of para-hydroxylation sites is 1. The average molecular weight is 370 g/mol. The molecule has 1 saturated heterocycles. The van der Waals surface area contributed by atoms with Crippen LogP contribution >= 0.6 is 0 Å². The van der Waals surface area contributed by atoms with Crippen LogP contribution in [0.1, 0.15) is 12.0 Å². The van der Waals surface area contributed by atoms with Crippen LogP contribution in [0.4, 0.5) is 5.69 Å². The van der Waals surface area contributed by atoms with Crippen molar-refractivity contribution in [1.29, 1.82) is 0 Å². The average Bonchev–Trinajstić information content (AvgIpc) is 2.68. The van der Waals surface area contributed by atoms with Crippen LogP contribution in [-0.2, 0) is 0 Å². The molecule has 1 fully saturated rings. The van der Waals surface area contributed by atoms with Crippen LogP contribution in [0.15, 0.2) is 45.8 Å². The van der Waals surface area contributed by atoms with Crippen molar-refractivity contribution in [2.75, 3.05) is 59.2 Å². The van der Waals surface area contributed by atoms with Gasteiger partial charge >= 0.3 is 0 Å². The van der Waals surface area contributed by atoms with Crippen LogP contribution in [0.2, 0.25) is 0 Å². The van der Waals surface area contributed by atoms with Gasteiger partial charge in [-0.3, -0.25) is 10.0 Å². The third-order valence-electron chi connectivity index (χ3n) is 5.13. The lowest BCUT2D eigenvalue weighted by Crippen LogP contribution is -2.52. The Morgan fingerprint density at radius 1 is 1.15 bits per heavy atom. The van der Waals surface area contributed by atoms with Crippen LogP contribution in [0.25, 0.3) is 0 Å². The molecule has 2 heterocycles. The van der Waals surface area contributed by atoms with Crippen LogP contribution in [-0.4, -0.2) is 80.8 Å². The quantitative estimate of drug-likeness (QED) is 0.626. The first-order valence-electron chi connectivity index (χ1n) is 9.53. The Morgan fingerprint density at radius 3 is 2.59 bits per heavy atom. The number of guanidine groups is 1. The summed E-state index contributed by atoms with van der Waals surface area (Å²) in [6, 6.07) is 8.37. The van der Waals surface area contributed by atoms with Crippen LogP contribution in [0, 0.1) is 6.92 Å². The van der Waals surface area contributed by atoms with E-state index in [1.54, 1.807) is 0 Å². The zero-order valence-electron chi connectivity index (χ0n) is 16.9. The van der Waals surface area contributed by atoms with Gasteiger partial charge in [-0.15, -0.1) is 0 Å². The molecule has 0 saturated carbocycles. The maximum absolute atomic E-state index is 4.51. The molecule has 2 aliphatic heterocycles. The smallest absolute Gasteiger partial charge is 0.199 e. The highest BCUT2D eigenvalue weighted by atomic mass is 15.5. The van der Waals surface area contributed by atoms with Crippen molar-refractivity contribution in [2.45, 2.75) is 13.3 Å². The second-order valence-corrected chi connectivity index (χ2v) is 7.11. The van der Waals surface area contributed by atoms with E-state index in [-0.39, 0.29) is 0 Å². The first kappa shape index (κ1) is 19.2. The fraction of sp³-hybridized carbons (Fsp3) is 0.500. The van der Waals surface area contributed by atoms with Crippen LogP contribution in [0.5, 0.6) is 0 Å². The number of hydrazone groups is 1. The molecule has 2 N–H and O–H groups in total. The summed E-state index contributed by atoms with van der Waals surface area (Å²) in [6.07, 6.45) is 2.78. The van der Waals surface area contributed by atoms with Gasteiger partial charge in [-0.1, -0.05) is 18.2 Å². The Bertz CT molecular complexity index is 730. The number of anilines is 1. The first-order chi connectivity index (χ1) is 13.1. The molecule has 1 aromatic rings. The molecule has 0 unspecified atom stereocenters. The van der Waals surface area contributed by atoms with Gasteiger partial charge in [0.2, 0.25) is 0 Å². The van der Waals surface area contributed by atoms with E-state index >= 15 is 0 Å². The second-order valence-electron chi connectivity index (χ2n) is 7.11. The van der Waals surface area contributed by atoms with Gasteiger partial charge < -0.3 is 20.4 Å². The number of rotatable bonds is 4. The minimum atomic E-state index is 0.767. The van der Waals surface area contributed by atoms with Crippen LogP contribution < -0.4 is 10.6 Å². The first-order valence-corrected chi connectivity index (χ1v) is 9.53. The van der Waals surface area contributed by atoms with Crippen molar-refractivity contribution < 1.29 is 0 Å². The Labute approximate surface area is 162 Å². The number of likely N-dealkylation sites (N-methyl/N-ethyl adjacent to an activating group) is 1. The van der Waals surface area contributed by atoms with Gasteiger partial charge in [-0.25, -0.2) is 0 Å². The minimum absolute atomic E-state index is 0.767. The van der Waals surface area contributed by atoms with Gasteiger partial charge in [0.25, 0.3) is 0 Å². The molecule has 0 atom stereocenters. The maximum Gasteiger partial charge on any atom is 0.199 e. The standard InChI is InChI=1S/C20H31N7/c1-16-7-5-6-8-18(16)22-15-17-9-10-23-26(4)19(17)24-20(21-2)27-13-11-25(3)12-14-27/h5-8,10,22H,9,11-15H2,1-4H3,(H,21,24). The summed E-state index contributed by atoms with van der Waals surface area (Å²) in [5.74, 6) is 1.92. The Hall–Kier alpha value is -2.54. The van der Waals surface area contributed by atoms with Crippen molar-refractivity contribution >= 4 is 17.9 Å². The fourth-order valence-electron chi connectivity index (χ4n) is 3.36. The lowest BCUT2D eigenvalue weighted by molar-refractivity contribution is 0.211. The molecule has 0 amide bonds. The fourth-order valence-corrected chi connectivity index (χ4v) is 3.36. The van der Waals surface area contributed by atoms with E-state index in [0.717, 1.165) is 56.6 Å². The molecule has 0 aromatic heterocycles. The summed E-state index contributed by atoms with van der Waals surface area (Å²) in [5.41, 5.74) is 3.68. The molecular weight excluding hydrogens is 338 g/mol. The number of nitrogens with one attached hydrogen (secondary N) is 2. The third-order valence-corrected chi connectivity index (χ3v) is 5.13. The lowest BCUT2D eigenvalue weighted by Gasteiger charge is -2.36. The minimum Gasteiger partial charge on any atom is -0.381 e. The highest BCUT2D eigenvalue weighted by Gasteiger charge is 2.21. The third kappa shape index (κ3) is 4.80. The zero-order chi connectivity index (χ0) is 19.2. The van der Waals surface area contributed by atoms with Crippen molar-refractivity contribution in [3.05, 3.63) is 41.2 Å². The van der Waals surface area contributed by atoms with Crippen molar-refractivity contribution in [3.8, 4) is 0 Å². The van der Waals surface area contributed by atoms with E-state index in [0.29, 0.717) is 0 Å². The van der Waals surface area contributed by atoms with Gasteiger partial charge in [0, 0.05) is 65.1 Å². The van der Waals surface area contributed by atoms with Gasteiger partial charge in [-0.2, -0.15) is 5.10 Å². The van der Waals surface area contributed by atoms with Crippen LogP contribution in [0.3, 0.4) is 0 Å². The number of aryl methyl sites for hydroxylation is 1. The number of aliphatic imine (C=N–C) groups is 1. The SMILES string of the molecule is CN=C(NC1=C(CNc2ccccc2C)CC=NN1C)N1CCN(C)CC1. The lowest BCUT2D eigenvalue weighted by atomic mass is 10.1. The molecule has 0 bridgehead atoms. The summed E-state index contributed by atoms with van der Waals surface area (Å²) in [4.78, 5) is 9.17. The zero-order valence-corrected chi connectivity index (χ0v) is 16.9. The Morgan fingerprint density at radius 2 is 1.89 bits per heavy atom. The van der Waals surface area contributed by atoms with Gasteiger partial charge in [0.15, 0.2) is 5.96 Å². The van der Waals surface area contributed by atoms with E-state index < -0.39 is 0 Å². The Balaban J connectivity index is 1.73. The highest BCUT2D eigenvalue weighted by molar-refractivity contribution is 5.82. The molecule has 1 aromatic carbocycles. The molecule has 27 heavy (non-hydrogen) atoms. The monoisotopic (exact) mass is 369 g/mol. The summed E-state index contributed by atoms with van der Waals surface area (Å²) in [5, 5.41) is 13.5. The molecule has 7 nitrogen and oxygen atoms in total.